The van der Waals surface area contributed by atoms with Crippen LogP contribution in [0.3, 0.4) is 0 Å². The summed E-state index contributed by atoms with van der Waals surface area (Å²) >= 11 is 3.21. The number of hydrogen-bond acceptors (Lipinski definition) is 7. The normalized spacial score (nSPS) is 17.3. The van der Waals surface area contributed by atoms with E-state index < -0.39 is 23.8 Å². The first-order valence-electron chi connectivity index (χ1n) is 15.5. The molecule has 252 valence electrons. The number of nitrogens with zero attached hydrogens (tertiary/aromatic N) is 2. The minimum absolute atomic E-state index is 0. The Bertz CT molecular complexity index is 1690. The molecule has 3 N–H and O–H groups in total. The second-order valence-corrected chi connectivity index (χ2v) is 14.3. The lowest BCUT2D eigenvalue weighted by atomic mass is 10.1. The summed E-state index contributed by atoms with van der Waals surface area (Å²) in [5, 5.41) is 2.74. The van der Waals surface area contributed by atoms with Gasteiger partial charge in [0.05, 0.1) is 30.5 Å². The van der Waals surface area contributed by atoms with Crippen molar-refractivity contribution in [1.82, 2.24) is 5.32 Å². The third kappa shape index (κ3) is 9.79. The van der Waals surface area contributed by atoms with E-state index in [0.29, 0.717) is 24.6 Å². The van der Waals surface area contributed by atoms with E-state index in [1.54, 1.807) is 54.1 Å². The van der Waals surface area contributed by atoms with Crippen LogP contribution < -0.4 is 20.9 Å². The molecule has 11 heteroatoms. The van der Waals surface area contributed by atoms with Gasteiger partial charge in [-0.05, 0) is 56.2 Å². The molecule has 2 aliphatic heterocycles. The fourth-order valence-electron chi connectivity index (χ4n) is 5.14. The van der Waals surface area contributed by atoms with Crippen LogP contribution >= 0.6 is 35.9 Å². The summed E-state index contributed by atoms with van der Waals surface area (Å²) in [4.78, 5) is 43.6. The second-order valence-electron chi connectivity index (χ2n) is 12.2. The number of thioether (sulfide) groups is 2. The van der Waals surface area contributed by atoms with Crippen LogP contribution in [-0.2, 0) is 27.4 Å². The number of ether oxygens (including phenoxy) is 1. The van der Waals surface area contributed by atoms with Crippen molar-refractivity contribution in [3.63, 3.8) is 0 Å². The van der Waals surface area contributed by atoms with Gasteiger partial charge in [0.2, 0.25) is 5.91 Å². The maximum atomic E-state index is 13.3. The maximum absolute atomic E-state index is 13.3. The van der Waals surface area contributed by atoms with Crippen molar-refractivity contribution in [3.8, 4) is 0 Å². The number of halogens is 1. The van der Waals surface area contributed by atoms with Crippen LogP contribution in [0.5, 0.6) is 0 Å². The number of carbonyl (C=O) groups excluding carboxylic acids is 3. The molecule has 0 saturated heterocycles. The highest BCUT2D eigenvalue weighted by Gasteiger charge is 2.33. The van der Waals surface area contributed by atoms with Crippen LogP contribution in [-0.4, -0.2) is 47.1 Å². The van der Waals surface area contributed by atoms with Crippen LogP contribution in [0.25, 0.3) is 0 Å². The van der Waals surface area contributed by atoms with Crippen molar-refractivity contribution in [3.05, 3.63) is 120 Å². The molecule has 0 unspecified atom stereocenters. The Morgan fingerprint density at radius 1 is 0.729 bits per heavy atom. The van der Waals surface area contributed by atoms with Gasteiger partial charge in [-0.2, -0.15) is 0 Å². The maximum Gasteiger partial charge on any atom is 0.408 e. The molecular weight excluding hydrogens is 664 g/mol. The van der Waals surface area contributed by atoms with Crippen molar-refractivity contribution >= 4 is 65.2 Å². The molecular formula is C37H41ClN4O4S2. The van der Waals surface area contributed by atoms with Crippen LogP contribution in [0.15, 0.2) is 119 Å². The summed E-state index contributed by atoms with van der Waals surface area (Å²) < 4.78 is 5.33. The quantitative estimate of drug-likeness (QED) is 0.225. The summed E-state index contributed by atoms with van der Waals surface area (Å²) in [6, 6.07) is 34.5. The first kappa shape index (κ1) is 36.9. The minimum Gasteiger partial charge on any atom is -0.444 e. The average molecular weight is 705 g/mol. The lowest BCUT2D eigenvalue weighted by Gasteiger charge is -2.27. The van der Waals surface area contributed by atoms with E-state index in [1.165, 1.54) is 0 Å². The molecule has 48 heavy (non-hydrogen) atoms. The predicted molar refractivity (Wildman–Crippen MR) is 198 cm³/mol. The van der Waals surface area contributed by atoms with Gasteiger partial charge in [0, 0.05) is 21.3 Å². The zero-order valence-corrected chi connectivity index (χ0v) is 29.7. The number of fused-ring (bicyclic) bond motifs is 2. The zero-order valence-electron chi connectivity index (χ0n) is 27.2. The number of benzene rings is 4. The van der Waals surface area contributed by atoms with Gasteiger partial charge in [-0.25, -0.2) is 4.79 Å². The van der Waals surface area contributed by atoms with E-state index in [2.05, 4.69) is 5.32 Å². The molecule has 0 radical (unpaired) electrons. The summed E-state index contributed by atoms with van der Waals surface area (Å²) in [6.45, 7) is 6.41. The fraction of sp³-hybridized carbons (Fsp3) is 0.270. The van der Waals surface area contributed by atoms with Gasteiger partial charge < -0.3 is 25.6 Å². The molecule has 0 fully saturated rings. The van der Waals surface area contributed by atoms with Gasteiger partial charge in [0.1, 0.15) is 11.6 Å². The lowest BCUT2D eigenvalue weighted by Crippen LogP contribution is -2.50. The summed E-state index contributed by atoms with van der Waals surface area (Å²) in [7, 11) is 0. The predicted octanol–water partition coefficient (Wildman–Crippen LogP) is 7.29. The van der Waals surface area contributed by atoms with E-state index in [4.69, 9.17) is 10.5 Å². The van der Waals surface area contributed by atoms with E-state index in [0.717, 1.165) is 32.3 Å². The SMILES string of the molecule is CC(C)(C)OC(=O)N[C@H]1CSc2ccccc2N(Cc2ccccc2)C1=O.Cl.N[C@H]1CSc2ccccc2N(Cc2ccccc2)C1=O. The third-order valence-electron chi connectivity index (χ3n) is 7.34. The van der Waals surface area contributed by atoms with Gasteiger partial charge in [-0.15, -0.1) is 35.9 Å². The molecule has 6 rings (SSSR count). The smallest absolute Gasteiger partial charge is 0.408 e. The van der Waals surface area contributed by atoms with Crippen molar-refractivity contribution in [2.24, 2.45) is 5.73 Å². The van der Waals surface area contributed by atoms with E-state index >= 15 is 0 Å². The number of hydrogen-bond donors (Lipinski definition) is 2. The van der Waals surface area contributed by atoms with Crippen molar-refractivity contribution in [2.75, 3.05) is 21.3 Å². The monoisotopic (exact) mass is 704 g/mol. The molecule has 4 aromatic carbocycles. The average Bonchev–Trinajstić information content (AvgIpc) is 3.26. The first-order chi connectivity index (χ1) is 22.6. The van der Waals surface area contributed by atoms with Crippen LogP contribution in [0, 0.1) is 0 Å². The molecule has 0 bridgehead atoms. The number of rotatable bonds is 5. The fourth-order valence-corrected chi connectivity index (χ4v) is 7.21. The van der Waals surface area contributed by atoms with Crippen LogP contribution in [0.4, 0.5) is 16.2 Å². The van der Waals surface area contributed by atoms with Gasteiger partial charge in [0.25, 0.3) is 5.91 Å². The number of para-hydroxylation sites is 2. The summed E-state index contributed by atoms with van der Waals surface area (Å²) in [5.41, 5.74) is 9.34. The molecule has 0 aliphatic carbocycles. The van der Waals surface area contributed by atoms with Gasteiger partial charge in [-0.1, -0.05) is 84.9 Å². The van der Waals surface area contributed by atoms with Crippen LogP contribution in [0.2, 0.25) is 0 Å². The Kier molecular flexibility index (Phi) is 13.0. The topological polar surface area (TPSA) is 105 Å². The van der Waals surface area contributed by atoms with E-state index in [9.17, 15) is 14.4 Å². The van der Waals surface area contributed by atoms with Crippen LogP contribution in [0.1, 0.15) is 31.9 Å². The van der Waals surface area contributed by atoms with Crippen molar-refractivity contribution < 1.29 is 19.1 Å². The first-order valence-corrected chi connectivity index (χ1v) is 17.5. The standard InChI is InChI=1S/C21H24N2O3S.C16H16N2OS.ClH/c1-21(2,3)26-20(25)22-16-14-27-18-12-8-7-11-17(18)23(19(16)24)13-15-9-5-4-6-10-15;17-13-11-20-15-9-5-4-8-14(15)18(16(13)19)10-12-6-2-1-3-7-12;/h4-12,16H,13-14H2,1-3H3,(H,22,25);1-9,13H,10-11,17H2;1H/t16-;13-;/m00./s1. The van der Waals surface area contributed by atoms with Crippen molar-refractivity contribution in [2.45, 2.75) is 61.3 Å². The lowest BCUT2D eigenvalue weighted by molar-refractivity contribution is -0.120. The number of amides is 3. The zero-order chi connectivity index (χ0) is 33.4. The van der Waals surface area contributed by atoms with Gasteiger partial charge in [0.15, 0.2) is 0 Å². The number of anilines is 2. The van der Waals surface area contributed by atoms with Gasteiger partial charge >= 0.3 is 6.09 Å². The summed E-state index contributed by atoms with van der Waals surface area (Å²) in [5.74, 6) is 0.940. The Balaban J connectivity index is 0.000000221. The summed E-state index contributed by atoms with van der Waals surface area (Å²) in [6.07, 6.45) is -0.577. The Labute approximate surface area is 297 Å². The third-order valence-corrected chi connectivity index (χ3v) is 9.68. The Hall–Kier alpha value is -3.96. The Morgan fingerprint density at radius 3 is 1.67 bits per heavy atom. The number of alkyl carbamates (subject to hydrolysis) is 1. The number of carbonyl (C=O) groups is 3. The Morgan fingerprint density at radius 2 is 1.17 bits per heavy atom. The van der Waals surface area contributed by atoms with Crippen molar-refractivity contribution in [1.29, 1.82) is 0 Å². The molecule has 2 heterocycles. The highest BCUT2D eigenvalue weighted by Crippen LogP contribution is 2.36. The molecule has 4 aromatic rings. The number of nitrogens with two attached hydrogens (primary N) is 1. The van der Waals surface area contributed by atoms with E-state index in [-0.39, 0.29) is 24.2 Å². The molecule has 0 aromatic heterocycles. The highest BCUT2D eigenvalue weighted by atomic mass is 35.5. The molecule has 8 nitrogen and oxygen atoms in total. The molecule has 0 spiro atoms. The number of nitrogens with one attached hydrogen (secondary N) is 1. The molecule has 3 amide bonds. The van der Waals surface area contributed by atoms with E-state index in [1.807, 2.05) is 109 Å². The molecule has 0 saturated carbocycles. The molecule has 2 aliphatic rings. The molecule has 2 atom stereocenters. The minimum atomic E-state index is -0.652. The second kappa shape index (κ2) is 16.9. The highest BCUT2D eigenvalue weighted by molar-refractivity contribution is 7.99. The van der Waals surface area contributed by atoms with Gasteiger partial charge in [-0.3, -0.25) is 9.59 Å². The largest absolute Gasteiger partial charge is 0.444 e.